The standard InChI is InChI=1S/C10H15BrN4O/c1-2-12-9-8(11)10(14-7-13-9)15-3-5-16-6-4-15/h7H,2-6H2,1H3,(H,12,13,14). The van der Waals surface area contributed by atoms with Crippen molar-refractivity contribution in [3.63, 3.8) is 0 Å². The van der Waals surface area contributed by atoms with Crippen molar-refractivity contribution in [1.29, 1.82) is 0 Å². The molecule has 1 N–H and O–H groups in total. The Kier molecular flexibility index (Phi) is 3.95. The van der Waals surface area contributed by atoms with Crippen LogP contribution < -0.4 is 10.2 Å². The van der Waals surface area contributed by atoms with Crippen LogP contribution in [0.15, 0.2) is 10.8 Å². The Balaban J connectivity index is 2.22. The molecule has 1 fully saturated rings. The monoisotopic (exact) mass is 286 g/mol. The number of ether oxygens (including phenoxy) is 1. The second-order valence-electron chi connectivity index (χ2n) is 3.49. The minimum absolute atomic E-state index is 0.757. The second kappa shape index (κ2) is 5.45. The van der Waals surface area contributed by atoms with Crippen LogP contribution in [-0.2, 0) is 4.74 Å². The summed E-state index contributed by atoms with van der Waals surface area (Å²) in [4.78, 5) is 10.7. The van der Waals surface area contributed by atoms with E-state index in [1.807, 2.05) is 6.92 Å². The predicted octanol–water partition coefficient (Wildman–Crippen LogP) is 1.51. The molecule has 0 aromatic carbocycles. The van der Waals surface area contributed by atoms with E-state index >= 15 is 0 Å². The molecule has 1 aromatic heterocycles. The maximum atomic E-state index is 5.32. The normalized spacial score (nSPS) is 16.2. The average molecular weight is 287 g/mol. The molecule has 0 spiro atoms. The molecule has 0 unspecified atom stereocenters. The lowest BCUT2D eigenvalue weighted by molar-refractivity contribution is 0.122. The van der Waals surface area contributed by atoms with Gasteiger partial charge in [-0.3, -0.25) is 0 Å². The number of halogens is 1. The lowest BCUT2D eigenvalue weighted by atomic mass is 10.4. The third-order valence-electron chi connectivity index (χ3n) is 2.43. The highest BCUT2D eigenvalue weighted by Gasteiger charge is 2.17. The fourth-order valence-corrected chi connectivity index (χ4v) is 2.24. The topological polar surface area (TPSA) is 50.3 Å². The van der Waals surface area contributed by atoms with E-state index in [-0.39, 0.29) is 0 Å². The van der Waals surface area contributed by atoms with E-state index < -0.39 is 0 Å². The van der Waals surface area contributed by atoms with Crippen molar-refractivity contribution < 1.29 is 4.74 Å². The quantitative estimate of drug-likeness (QED) is 0.913. The van der Waals surface area contributed by atoms with E-state index in [1.165, 1.54) is 0 Å². The van der Waals surface area contributed by atoms with E-state index in [0.29, 0.717) is 0 Å². The summed E-state index contributed by atoms with van der Waals surface area (Å²) in [6.45, 7) is 6.16. The van der Waals surface area contributed by atoms with Crippen molar-refractivity contribution in [2.45, 2.75) is 6.92 Å². The third-order valence-corrected chi connectivity index (χ3v) is 3.16. The highest BCUT2D eigenvalue weighted by molar-refractivity contribution is 9.10. The Morgan fingerprint density at radius 1 is 1.44 bits per heavy atom. The molecule has 1 saturated heterocycles. The Morgan fingerprint density at radius 3 is 2.88 bits per heavy atom. The van der Waals surface area contributed by atoms with Gasteiger partial charge in [-0.25, -0.2) is 9.97 Å². The minimum atomic E-state index is 0.757. The van der Waals surface area contributed by atoms with Gasteiger partial charge in [-0.05, 0) is 22.9 Å². The highest BCUT2D eigenvalue weighted by Crippen LogP contribution is 2.29. The lowest BCUT2D eigenvalue weighted by Gasteiger charge is -2.28. The molecule has 0 saturated carbocycles. The largest absolute Gasteiger partial charge is 0.378 e. The molecule has 1 aliphatic heterocycles. The molecule has 5 nitrogen and oxygen atoms in total. The van der Waals surface area contributed by atoms with Gasteiger partial charge in [0.15, 0.2) is 0 Å². The van der Waals surface area contributed by atoms with Crippen LogP contribution in [0.3, 0.4) is 0 Å². The van der Waals surface area contributed by atoms with Crippen molar-refractivity contribution in [3.05, 3.63) is 10.8 Å². The highest BCUT2D eigenvalue weighted by atomic mass is 79.9. The molecule has 2 rings (SSSR count). The van der Waals surface area contributed by atoms with Crippen molar-refractivity contribution in [2.24, 2.45) is 0 Å². The molecular formula is C10H15BrN4O. The van der Waals surface area contributed by atoms with Crippen molar-refractivity contribution >= 4 is 27.6 Å². The van der Waals surface area contributed by atoms with Gasteiger partial charge >= 0.3 is 0 Å². The number of hydrogen-bond donors (Lipinski definition) is 1. The Labute approximate surface area is 103 Å². The molecule has 1 aromatic rings. The van der Waals surface area contributed by atoms with Gasteiger partial charge in [-0.1, -0.05) is 0 Å². The maximum absolute atomic E-state index is 5.32. The number of morpholine rings is 1. The third kappa shape index (κ3) is 2.44. The number of nitrogens with zero attached hydrogens (tertiary/aromatic N) is 3. The number of rotatable bonds is 3. The SMILES string of the molecule is CCNc1ncnc(N2CCOCC2)c1Br. The first-order valence-electron chi connectivity index (χ1n) is 5.40. The van der Waals surface area contributed by atoms with Crippen LogP contribution >= 0.6 is 15.9 Å². The number of aromatic nitrogens is 2. The van der Waals surface area contributed by atoms with Gasteiger partial charge in [-0.15, -0.1) is 0 Å². The predicted molar refractivity (Wildman–Crippen MR) is 66.9 cm³/mol. The van der Waals surface area contributed by atoms with Crippen LogP contribution in [0.4, 0.5) is 11.6 Å². The van der Waals surface area contributed by atoms with E-state index in [0.717, 1.165) is 49.0 Å². The average Bonchev–Trinajstić information content (AvgIpc) is 2.33. The number of nitrogens with one attached hydrogen (secondary N) is 1. The van der Waals surface area contributed by atoms with Crippen LogP contribution in [0.1, 0.15) is 6.92 Å². The minimum Gasteiger partial charge on any atom is -0.378 e. The van der Waals surface area contributed by atoms with E-state index in [2.05, 4.69) is 36.1 Å². The Morgan fingerprint density at radius 2 is 2.19 bits per heavy atom. The zero-order valence-electron chi connectivity index (χ0n) is 9.24. The summed E-state index contributed by atoms with van der Waals surface area (Å²) >= 11 is 3.55. The molecule has 0 bridgehead atoms. The Bertz CT molecular complexity index is 355. The van der Waals surface area contributed by atoms with E-state index in [9.17, 15) is 0 Å². The summed E-state index contributed by atoms with van der Waals surface area (Å²) in [5.74, 6) is 1.79. The zero-order chi connectivity index (χ0) is 11.4. The van der Waals surface area contributed by atoms with Gasteiger partial charge in [0, 0.05) is 19.6 Å². The summed E-state index contributed by atoms with van der Waals surface area (Å²) in [5, 5.41) is 3.20. The van der Waals surface area contributed by atoms with Crippen molar-refractivity contribution in [3.8, 4) is 0 Å². The van der Waals surface area contributed by atoms with Crippen LogP contribution in [-0.4, -0.2) is 42.8 Å². The number of anilines is 2. The molecule has 0 amide bonds. The van der Waals surface area contributed by atoms with Crippen LogP contribution in [0.5, 0.6) is 0 Å². The summed E-state index contributed by atoms with van der Waals surface area (Å²) in [7, 11) is 0. The van der Waals surface area contributed by atoms with Gasteiger partial charge in [0.25, 0.3) is 0 Å². The zero-order valence-corrected chi connectivity index (χ0v) is 10.8. The van der Waals surface area contributed by atoms with Crippen molar-refractivity contribution in [2.75, 3.05) is 43.1 Å². The van der Waals surface area contributed by atoms with Crippen LogP contribution in [0, 0.1) is 0 Å². The van der Waals surface area contributed by atoms with Gasteiger partial charge < -0.3 is 15.0 Å². The number of hydrogen-bond acceptors (Lipinski definition) is 5. The first-order chi connectivity index (χ1) is 7.83. The molecule has 0 atom stereocenters. The van der Waals surface area contributed by atoms with Gasteiger partial charge in [0.1, 0.15) is 22.4 Å². The first-order valence-corrected chi connectivity index (χ1v) is 6.19. The molecule has 2 heterocycles. The van der Waals surface area contributed by atoms with Gasteiger partial charge in [0.05, 0.1) is 13.2 Å². The van der Waals surface area contributed by atoms with E-state index in [4.69, 9.17) is 4.74 Å². The van der Waals surface area contributed by atoms with Crippen LogP contribution in [0.2, 0.25) is 0 Å². The molecule has 16 heavy (non-hydrogen) atoms. The molecular weight excluding hydrogens is 272 g/mol. The molecule has 0 radical (unpaired) electrons. The van der Waals surface area contributed by atoms with Gasteiger partial charge in [0.2, 0.25) is 0 Å². The maximum Gasteiger partial charge on any atom is 0.148 e. The molecule has 88 valence electrons. The van der Waals surface area contributed by atoms with E-state index in [1.54, 1.807) is 6.33 Å². The lowest BCUT2D eigenvalue weighted by Crippen LogP contribution is -2.37. The fraction of sp³-hybridized carbons (Fsp3) is 0.600. The summed E-state index contributed by atoms with van der Waals surface area (Å²) in [5.41, 5.74) is 0. The summed E-state index contributed by atoms with van der Waals surface area (Å²) in [6, 6.07) is 0. The smallest absolute Gasteiger partial charge is 0.148 e. The molecule has 6 heteroatoms. The first kappa shape index (κ1) is 11.6. The fourth-order valence-electron chi connectivity index (χ4n) is 1.65. The Hall–Kier alpha value is -0.880. The molecule has 1 aliphatic rings. The second-order valence-corrected chi connectivity index (χ2v) is 4.28. The summed E-state index contributed by atoms with van der Waals surface area (Å²) in [6.07, 6.45) is 1.59. The molecule has 0 aliphatic carbocycles. The summed E-state index contributed by atoms with van der Waals surface area (Å²) < 4.78 is 6.25. The van der Waals surface area contributed by atoms with Crippen molar-refractivity contribution in [1.82, 2.24) is 9.97 Å². The van der Waals surface area contributed by atoms with Crippen LogP contribution in [0.25, 0.3) is 0 Å². The van der Waals surface area contributed by atoms with Gasteiger partial charge in [-0.2, -0.15) is 0 Å².